The van der Waals surface area contributed by atoms with Crippen molar-refractivity contribution in [2.45, 2.75) is 46.6 Å². The Balaban J connectivity index is 2.08. The van der Waals surface area contributed by atoms with E-state index < -0.39 is 6.10 Å². The number of anilines is 1. The van der Waals surface area contributed by atoms with Crippen LogP contribution < -0.4 is 15.4 Å². The molecular formula is C23H30N2O3. The molecule has 0 radical (unpaired) electrons. The lowest BCUT2D eigenvalue weighted by Crippen LogP contribution is -2.34. The van der Waals surface area contributed by atoms with E-state index in [4.69, 9.17) is 4.74 Å². The maximum Gasteiger partial charge on any atom is 0.265 e. The van der Waals surface area contributed by atoms with Crippen LogP contribution in [-0.4, -0.2) is 24.5 Å². The van der Waals surface area contributed by atoms with Crippen LogP contribution in [-0.2, 0) is 11.2 Å². The van der Waals surface area contributed by atoms with Crippen molar-refractivity contribution < 1.29 is 14.3 Å². The number of para-hydroxylation sites is 1. The van der Waals surface area contributed by atoms with Crippen LogP contribution in [0.15, 0.2) is 48.5 Å². The Morgan fingerprint density at radius 2 is 1.68 bits per heavy atom. The maximum atomic E-state index is 12.7. The van der Waals surface area contributed by atoms with E-state index in [9.17, 15) is 9.59 Å². The van der Waals surface area contributed by atoms with Crippen LogP contribution in [0.4, 0.5) is 5.69 Å². The molecular weight excluding hydrogens is 352 g/mol. The third-order valence-electron chi connectivity index (χ3n) is 4.37. The fourth-order valence-corrected chi connectivity index (χ4v) is 2.69. The third-order valence-corrected chi connectivity index (χ3v) is 4.37. The van der Waals surface area contributed by atoms with Crippen molar-refractivity contribution >= 4 is 17.5 Å². The molecule has 5 heteroatoms. The van der Waals surface area contributed by atoms with Gasteiger partial charge in [0, 0.05) is 6.54 Å². The van der Waals surface area contributed by atoms with Gasteiger partial charge in [0.05, 0.1) is 11.3 Å². The predicted molar refractivity (Wildman–Crippen MR) is 113 cm³/mol. The molecule has 0 spiro atoms. The van der Waals surface area contributed by atoms with Gasteiger partial charge in [-0.3, -0.25) is 9.59 Å². The standard InChI is InChI=1S/C23H30N2O3/c1-5-17-11-13-18(14-12-17)28-21(6-2)23(27)25-20-10-8-7-9-19(20)22(26)24-15-16(3)4/h7-14,16,21H,5-6,15H2,1-4H3,(H,24,26)(H,25,27)/t21-/m1/s1. The molecule has 0 aromatic heterocycles. The second-order valence-corrected chi connectivity index (χ2v) is 7.15. The van der Waals surface area contributed by atoms with Gasteiger partial charge in [-0.25, -0.2) is 0 Å². The van der Waals surface area contributed by atoms with Gasteiger partial charge in [-0.05, 0) is 48.6 Å². The first kappa shape index (κ1) is 21.5. The summed E-state index contributed by atoms with van der Waals surface area (Å²) in [6.07, 6.45) is 0.829. The second-order valence-electron chi connectivity index (χ2n) is 7.15. The molecule has 0 saturated heterocycles. The number of amides is 2. The molecule has 2 aromatic rings. The average molecular weight is 383 g/mol. The maximum absolute atomic E-state index is 12.7. The van der Waals surface area contributed by atoms with Gasteiger partial charge in [0.2, 0.25) is 0 Å². The first-order valence-corrected chi connectivity index (χ1v) is 9.88. The van der Waals surface area contributed by atoms with E-state index >= 15 is 0 Å². The van der Waals surface area contributed by atoms with Crippen LogP contribution in [0.1, 0.15) is 50.0 Å². The van der Waals surface area contributed by atoms with Crippen molar-refractivity contribution in [2.75, 3.05) is 11.9 Å². The Morgan fingerprint density at radius 3 is 2.29 bits per heavy atom. The van der Waals surface area contributed by atoms with E-state index in [1.165, 1.54) is 5.56 Å². The molecule has 1 atom stereocenters. The number of carbonyl (C=O) groups excluding carboxylic acids is 2. The summed E-state index contributed by atoms with van der Waals surface area (Å²) in [5.74, 6) is 0.532. The minimum atomic E-state index is -0.640. The van der Waals surface area contributed by atoms with Gasteiger partial charge in [0.25, 0.3) is 11.8 Å². The Hall–Kier alpha value is -2.82. The minimum Gasteiger partial charge on any atom is -0.481 e. The number of ether oxygens (including phenoxy) is 1. The predicted octanol–water partition coefficient (Wildman–Crippen LogP) is 4.43. The van der Waals surface area contributed by atoms with Gasteiger partial charge in [0.15, 0.2) is 6.10 Å². The topological polar surface area (TPSA) is 67.4 Å². The van der Waals surface area contributed by atoms with Crippen molar-refractivity contribution in [3.63, 3.8) is 0 Å². The lowest BCUT2D eigenvalue weighted by molar-refractivity contribution is -0.122. The Bertz CT molecular complexity index is 785. The summed E-state index contributed by atoms with van der Waals surface area (Å²) in [7, 11) is 0. The lowest BCUT2D eigenvalue weighted by atomic mass is 10.1. The summed E-state index contributed by atoms with van der Waals surface area (Å²) < 4.78 is 5.86. The summed E-state index contributed by atoms with van der Waals surface area (Å²) in [6, 6.07) is 14.7. The van der Waals surface area contributed by atoms with Crippen LogP contribution >= 0.6 is 0 Å². The van der Waals surface area contributed by atoms with E-state index in [-0.39, 0.29) is 11.8 Å². The molecule has 28 heavy (non-hydrogen) atoms. The van der Waals surface area contributed by atoms with Gasteiger partial charge in [-0.15, -0.1) is 0 Å². The number of benzene rings is 2. The smallest absolute Gasteiger partial charge is 0.265 e. The SMILES string of the molecule is CCc1ccc(O[C@H](CC)C(=O)Nc2ccccc2C(=O)NCC(C)C)cc1. The van der Waals surface area contributed by atoms with Crippen molar-refractivity contribution in [3.8, 4) is 5.75 Å². The van der Waals surface area contributed by atoms with Gasteiger partial charge in [0.1, 0.15) is 5.75 Å². The monoisotopic (exact) mass is 382 g/mol. The van der Waals surface area contributed by atoms with Crippen molar-refractivity contribution in [1.29, 1.82) is 0 Å². The molecule has 0 fully saturated rings. The summed E-state index contributed by atoms with van der Waals surface area (Å²) in [4.78, 5) is 25.2. The quantitative estimate of drug-likeness (QED) is 0.674. The van der Waals surface area contributed by atoms with Crippen molar-refractivity contribution in [1.82, 2.24) is 5.32 Å². The highest BCUT2D eigenvalue weighted by atomic mass is 16.5. The Kier molecular flexibility index (Phi) is 8.05. The minimum absolute atomic E-state index is 0.200. The lowest BCUT2D eigenvalue weighted by Gasteiger charge is -2.19. The molecule has 0 unspecified atom stereocenters. The van der Waals surface area contributed by atoms with Crippen molar-refractivity contribution in [3.05, 3.63) is 59.7 Å². The van der Waals surface area contributed by atoms with Gasteiger partial charge in [-0.1, -0.05) is 52.0 Å². The number of aryl methyl sites for hydroxylation is 1. The van der Waals surface area contributed by atoms with E-state index in [0.29, 0.717) is 35.9 Å². The normalized spacial score (nSPS) is 11.8. The van der Waals surface area contributed by atoms with Crippen LogP contribution in [0, 0.1) is 5.92 Å². The summed E-state index contributed by atoms with van der Waals surface area (Å²) in [5, 5.41) is 5.73. The largest absolute Gasteiger partial charge is 0.481 e. The molecule has 2 amide bonds. The highest BCUT2D eigenvalue weighted by Crippen LogP contribution is 2.19. The number of nitrogens with one attached hydrogen (secondary N) is 2. The highest BCUT2D eigenvalue weighted by molar-refractivity contribution is 6.04. The fourth-order valence-electron chi connectivity index (χ4n) is 2.69. The number of hydrogen-bond donors (Lipinski definition) is 2. The molecule has 0 aliphatic rings. The van der Waals surface area contributed by atoms with E-state index in [2.05, 4.69) is 17.6 Å². The van der Waals surface area contributed by atoms with Crippen LogP contribution in [0.5, 0.6) is 5.75 Å². The van der Waals surface area contributed by atoms with Crippen LogP contribution in [0.2, 0.25) is 0 Å². The van der Waals surface area contributed by atoms with E-state index in [1.807, 2.05) is 45.0 Å². The first-order valence-electron chi connectivity index (χ1n) is 9.88. The Labute approximate surface area is 167 Å². The number of hydrogen-bond acceptors (Lipinski definition) is 3. The summed E-state index contributed by atoms with van der Waals surface area (Å²) in [5.41, 5.74) is 2.14. The highest BCUT2D eigenvalue weighted by Gasteiger charge is 2.21. The molecule has 0 aliphatic carbocycles. The molecule has 5 nitrogen and oxygen atoms in total. The number of carbonyl (C=O) groups is 2. The van der Waals surface area contributed by atoms with Gasteiger partial charge in [-0.2, -0.15) is 0 Å². The molecule has 2 aromatic carbocycles. The molecule has 0 saturated carbocycles. The molecule has 2 N–H and O–H groups in total. The third kappa shape index (κ3) is 6.12. The molecule has 0 aliphatic heterocycles. The van der Waals surface area contributed by atoms with E-state index in [1.54, 1.807) is 24.3 Å². The summed E-state index contributed by atoms with van der Waals surface area (Å²) >= 11 is 0. The fraction of sp³-hybridized carbons (Fsp3) is 0.391. The first-order chi connectivity index (χ1) is 13.4. The van der Waals surface area contributed by atoms with E-state index in [0.717, 1.165) is 6.42 Å². The van der Waals surface area contributed by atoms with Crippen LogP contribution in [0.3, 0.4) is 0 Å². The summed E-state index contributed by atoms with van der Waals surface area (Å²) in [6.45, 7) is 8.63. The zero-order valence-corrected chi connectivity index (χ0v) is 17.1. The zero-order chi connectivity index (χ0) is 20.5. The molecule has 150 valence electrons. The van der Waals surface area contributed by atoms with Gasteiger partial charge < -0.3 is 15.4 Å². The zero-order valence-electron chi connectivity index (χ0n) is 17.1. The average Bonchev–Trinajstić information content (AvgIpc) is 2.70. The molecule has 0 heterocycles. The second kappa shape index (κ2) is 10.5. The van der Waals surface area contributed by atoms with Crippen molar-refractivity contribution in [2.24, 2.45) is 5.92 Å². The number of rotatable bonds is 9. The molecule has 0 bridgehead atoms. The van der Waals surface area contributed by atoms with Crippen LogP contribution in [0.25, 0.3) is 0 Å². The molecule has 2 rings (SSSR count). The van der Waals surface area contributed by atoms with Gasteiger partial charge >= 0.3 is 0 Å². The Morgan fingerprint density at radius 1 is 1.00 bits per heavy atom.